The van der Waals surface area contributed by atoms with Crippen LogP contribution >= 0.6 is 11.8 Å². The van der Waals surface area contributed by atoms with Crippen molar-refractivity contribution in [2.24, 2.45) is 0 Å². The number of hydrogen-bond donors (Lipinski definition) is 0. The van der Waals surface area contributed by atoms with Crippen LogP contribution in [0.1, 0.15) is 54.8 Å². The van der Waals surface area contributed by atoms with Crippen molar-refractivity contribution in [1.82, 2.24) is 19.9 Å². The molecule has 28 heavy (non-hydrogen) atoms. The summed E-state index contributed by atoms with van der Waals surface area (Å²) in [4.78, 5) is 28.4. The second kappa shape index (κ2) is 8.86. The Morgan fingerprint density at radius 3 is 3.04 bits per heavy atom. The van der Waals surface area contributed by atoms with Gasteiger partial charge in [-0.3, -0.25) is 9.78 Å². The van der Waals surface area contributed by atoms with Crippen LogP contribution in [0.2, 0.25) is 0 Å². The lowest BCUT2D eigenvalue weighted by Crippen LogP contribution is -2.40. The van der Waals surface area contributed by atoms with E-state index in [0.29, 0.717) is 5.92 Å². The number of aryl methyl sites for hydroxylation is 1. The van der Waals surface area contributed by atoms with Crippen LogP contribution in [0.5, 0.6) is 0 Å². The summed E-state index contributed by atoms with van der Waals surface area (Å²) in [6, 6.07) is 4.02. The van der Waals surface area contributed by atoms with E-state index in [-0.39, 0.29) is 5.91 Å². The molecule has 5 nitrogen and oxygen atoms in total. The minimum Gasteiger partial charge on any atom is -0.338 e. The minimum atomic E-state index is 0.236. The molecule has 2 aliphatic rings. The number of carbonyl (C=O) groups is 1. The van der Waals surface area contributed by atoms with Gasteiger partial charge in [-0.15, -0.1) is 0 Å². The maximum absolute atomic E-state index is 12.8. The third kappa shape index (κ3) is 4.43. The largest absolute Gasteiger partial charge is 0.338 e. The molecule has 1 fully saturated rings. The van der Waals surface area contributed by atoms with Gasteiger partial charge in [-0.05, 0) is 56.2 Å². The molecule has 0 saturated carbocycles. The Labute approximate surface area is 170 Å². The highest BCUT2D eigenvalue weighted by atomic mass is 32.2. The summed E-state index contributed by atoms with van der Waals surface area (Å²) in [5.41, 5.74) is 4.39. The summed E-state index contributed by atoms with van der Waals surface area (Å²) >= 11 is 1.64. The van der Waals surface area contributed by atoms with Crippen molar-refractivity contribution in [3.05, 3.63) is 59.2 Å². The van der Waals surface area contributed by atoms with Crippen molar-refractivity contribution in [3.63, 3.8) is 0 Å². The molecule has 0 bridgehead atoms. The molecule has 2 aromatic rings. The van der Waals surface area contributed by atoms with Gasteiger partial charge >= 0.3 is 0 Å². The van der Waals surface area contributed by atoms with Crippen molar-refractivity contribution >= 4 is 17.7 Å². The first kappa shape index (κ1) is 19.1. The van der Waals surface area contributed by atoms with Gasteiger partial charge < -0.3 is 4.90 Å². The molecule has 6 heteroatoms. The molecule has 3 heterocycles. The van der Waals surface area contributed by atoms with Gasteiger partial charge in [0.05, 0.1) is 5.69 Å². The van der Waals surface area contributed by atoms with Crippen molar-refractivity contribution in [1.29, 1.82) is 0 Å². The van der Waals surface area contributed by atoms with Crippen molar-refractivity contribution in [2.75, 3.05) is 13.1 Å². The molecule has 4 rings (SSSR count). The first-order chi connectivity index (χ1) is 13.7. The fourth-order valence-corrected chi connectivity index (χ4v) is 4.76. The van der Waals surface area contributed by atoms with Gasteiger partial charge in [0.25, 0.3) is 0 Å². The van der Waals surface area contributed by atoms with E-state index in [0.717, 1.165) is 78.5 Å². The molecule has 1 atom stereocenters. The Morgan fingerprint density at radius 2 is 2.25 bits per heavy atom. The Hall–Kier alpha value is -2.21. The van der Waals surface area contributed by atoms with Gasteiger partial charge in [-0.25, -0.2) is 9.97 Å². The summed E-state index contributed by atoms with van der Waals surface area (Å²) in [6.45, 7) is 3.70. The van der Waals surface area contributed by atoms with E-state index in [1.807, 2.05) is 23.4 Å². The zero-order valence-corrected chi connectivity index (χ0v) is 17.1. The Bertz CT molecular complexity index is 868. The third-order valence-electron chi connectivity index (χ3n) is 5.49. The molecule has 1 aliphatic heterocycles. The molecule has 0 N–H and O–H groups in total. The van der Waals surface area contributed by atoms with Gasteiger partial charge in [0.2, 0.25) is 5.91 Å². The standard InChI is InChI=1S/C22H26N4OS/c1-16-12-24-22(28-15-17-6-4-10-23-13-17)25-20(16)19-9-5-11-26(14-19)21(27)18-7-2-3-8-18/h4,6-7,10,12-13,19H,2-3,5,8-9,11,14-15H2,1H3/t19-/m1/s1. The average molecular weight is 395 g/mol. The number of carbonyl (C=O) groups excluding carboxylic acids is 1. The van der Waals surface area contributed by atoms with E-state index in [1.54, 1.807) is 18.0 Å². The Kier molecular flexibility index (Phi) is 6.05. The molecule has 0 radical (unpaired) electrons. The number of nitrogens with zero attached hydrogens (tertiary/aromatic N) is 4. The number of likely N-dealkylation sites (tertiary alicyclic amines) is 1. The summed E-state index contributed by atoms with van der Waals surface area (Å²) in [7, 11) is 0. The SMILES string of the molecule is Cc1cnc(SCc2cccnc2)nc1[C@@H]1CCCN(C(=O)C2=CCCC2)C1. The van der Waals surface area contributed by atoms with E-state index in [1.165, 1.54) is 0 Å². The summed E-state index contributed by atoms with van der Waals surface area (Å²) in [5.74, 6) is 1.33. The zero-order valence-electron chi connectivity index (χ0n) is 16.3. The van der Waals surface area contributed by atoms with Gasteiger partial charge in [0, 0.05) is 48.9 Å². The smallest absolute Gasteiger partial charge is 0.249 e. The van der Waals surface area contributed by atoms with Gasteiger partial charge in [0.15, 0.2) is 5.16 Å². The van der Waals surface area contributed by atoms with Crippen molar-refractivity contribution < 1.29 is 4.79 Å². The van der Waals surface area contributed by atoms with Gasteiger partial charge in [-0.2, -0.15) is 0 Å². The highest BCUT2D eigenvalue weighted by molar-refractivity contribution is 7.98. The predicted octanol–water partition coefficient (Wildman–Crippen LogP) is 4.29. The second-order valence-electron chi connectivity index (χ2n) is 7.58. The average Bonchev–Trinajstić information content (AvgIpc) is 3.28. The van der Waals surface area contributed by atoms with E-state index < -0.39 is 0 Å². The molecule has 146 valence electrons. The molecule has 0 unspecified atom stereocenters. The number of amides is 1. The summed E-state index contributed by atoms with van der Waals surface area (Å²) in [6.07, 6.45) is 12.9. The number of piperidine rings is 1. The van der Waals surface area contributed by atoms with Crippen LogP contribution in [-0.2, 0) is 10.5 Å². The zero-order chi connectivity index (χ0) is 19.3. The van der Waals surface area contributed by atoms with Crippen LogP contribution in [0.3, 0.4) is 0 Å². The fourth-order valence-electron chi connectivity index (χ4n) is 4.01. The molecular formula is C22H26N4OS. The molecular weight excluding hydrogens is 368 g/mol. The van der Waals surface area contributed by atoms with E-state index in [9.17, 15) is 4.79 Å². The molecule has 0 spiro atoms. The molecule has 0 aromatic carbocycles. The second-order valence-corrected chi connectivity index (χ2v) is 8.53. The van der Waals surface area contributed by atoms with Crippen LogP contribution in [-0.4, -0.2) is 38.8 Å². The van der Waals surface area contributed by atoms with E-state index in [4.69, 9.17) is 4.98 Å². The van der Waals surface area contributed by atoms with Crippen LogP contribution < -0.4 is 0 Å². The molecule has 1 aliphatic carbocycles. The Morgan fingerprint density at radius 1 is 1.32 bits per heavy atom. The van der Waals surface area contributed by atoms with Crippen LogP contribution in [0.15, 0.2) is 47.5 Å². The monoisotopic (exact) mass is 394 g/mol. The Balaban J connectivity index is 1.46. The number of allylic oxidation sites excluding steroid dienone is 1. The topological polar surface area (TPSA) is 59.0 Å². The van der Waals surface area contributed by atoms with E-state index >= 15 is 0 Å². The fraction of sp³-hybridized carbons (Fsp3) is 0.455. The quantitative estimate of drug-likeness (QED) is 0.559. The number of aromatic nitrogens is 3. The third-order valence-corrected chi connectivity index (χ3v) is 6.42. The minimum absolute atomic E-state index is 0.236. The molecule has 2 aromatic heterocycles. The maximum Gasteiger partial charge on any atom is 0.249 e. The molecule has 1 amide bonds. The number of pyridine rings is 1. The van der Waals surface area contributed by atoms with Crippen LogP contribution in [0.25, 0.3) is 0 Å². The van der Waals surface area contributed by atoms with Gasteiger partial charge in [0.1, 0.15) is 0 Å². The van der Waals surface area contributed by atoms with E-state index in [2.05, 4.69) is 29.0 Å². The van der Waals surface area contributed by atoms with Crippen molar-refractivity contribution in [2.45, 2.75) is 55.9 Å². The highest BCUT2D eigenvalue weighted by Crippen LogP contribution is 2.31. The number of thioether (sulfide) groups is 1. The predicted molar refractivity (Wildman–Crippen MR) is 111 cm³/mol. The number of hydrogen-bond acceptors (Lipinski definition) is 5. The summed E-state index contributed by atoms with van der Waals surface area (Å²) in [5, 5.41) is 0.798. The lowest BCUT2D eigenvalue weighted by molar-refractivity contribution is -0.128. The number of rotatable bonds is 5. The maximum atomic E-state index is 12.8. The first-order valence-corrected chi connectivity index (χ1v) is 11.0. The normalized spacial score (nSPS) is 19.5. The lowest BCUT2D eigenvalue weighted by Gasteiger charge is -2.33. The lowest BCUT2D eigenvalue weighted by atomic mass is 9.92. The van der Waals surface area contributed by atoms with Crippen molar-refractivity contribution in [3.8, 4) is 0 Å². The first-order valence-electron chi connectivity index (χ1n) is 10.0. The highest BCUT2D eigenvalue weighted by Gasteiger charge is 2.29. The van der Waals surface area contributed by atoms with Crippen LogP contribution in [0, 0.1) is 6.92 Å². The van der Waals surface area contributed by atoms with Gasteiger partial charge in [-0.1, -0.05) is 23.9 Å². The van der Waals surface area contributed by atoms with Crippen LogP contribution in [0.4, 0.5) is 0 Å². The summed E-state index contributed by atoms with van der Waals surface area (Å²) < 4.78 is 0. The molecule has 1 saturated heterocycles.